The highest BCUT2D eigenvalue weighted by molar-refractivity contribution is 6.31. The van der Waals surface area contributed by atoms with Crippen molar-refractivity contribution in [2.24, 2.45) is 11.7 Å². The van der Waals surface area contributed by atoms with Gasteiger partial charge in [0.1, 0.15) is 12.4 Å². The first kappa shape index (κ1) is 21.9. The van der Waals surface area contributed by atoms with E-state index in [-0.39, 0.29) is 24.7 Å². The molecule has 0 spiro atoms. The minimum atomic E-state index is -0.844. The molecule has 2 aromatic carbocycles. The molecule has 1 amide bonds. The lowest BCUT2D eigenvalue weighted by molar-refractivity contribution is -0.120. The second-order valence-corrected chi connectivity index (χ2v) is 7.81. The number of carbonyl (C=O) groups excluding carboxylic acids is 2. The first-order chi connectivity index (χ1) is 14.4. The van der Waals surface area contributed by atoms with Crippen LogP contribution in [0.1, 0.15) is 18.1 Å². The number of nitrogens with two attached hydrogens (primary N) is 1. The number of benzene rings is 2. The van der Waals surface area contributed by atoms with Gasteiger partial charge in [-0.05, 0) is 48.1 Å². The van der Waals surface area contributed by atoms with Gasteiger partial charge in [0, 0.05) is 17.3 Å². The molecule has 6 nitrogen and oxygen atoms in total. The first-order valence-corrected chi connectivity index (χ1v) is 10.2. The maximum Gasteiger partial charge on any atom is 0.514 e. The molecule has 0 saturated heterocycles. The summed E-state index contributed by atoms with van der Waals surface area (Å²) in [6, 6.07) is 12.0. The van der Waals surface area contributed by atoms with Crippen molar-refractivity contribution in [2.75, 3.05) is 18.1 Å². The van der Waals surface area contributed by atoms with Gasteiger partial charge in [-0.2, -0.15) is 0 Å². The fourth-order valence-corrected chi connectivity index (χ4v) is 3.79. The van der Waals surface area contributed by atoms with E-state index < -0.39 is 12.2 Å². The summed E-state index contributed by atoms with van der Waals surface area (Å²) in [6.45, 7) is 6.27. The highest BCUT2D eigenvalue weighted by Gasteiger charge is 2.29. The smallest absolute Gasteiger partial charge is 0.430 e. The van der Waals surface area contributed by atoms with E-state index >= 15 is 0 Å². The van der Waals surface area contributed by atoms with Gasteiger partial charge in [0.05, 0.1) is 6.04 Å². The van der Waals surface area contributed by atoms with E-state index in [1.165, 1.54) is 12.1 Å². The Morgan fingerprint density at radius 1 is 1.33 bits per heavy atom. The Hall–Kier alpha value is -2.83. The predicted molar refractivity (Wildman–Crippen MR) is 117 cm³/mol. The molecule has 158 valence electrons. The van der Waals surface area contributed by atoms with Crippen LogP contribution in [0.3, 0.4) is 0 Å². The van der Waals surface area contributed by atoms with Crippen LogP contribution in [0.25, 0.3) is 0 Å². The SMILES string of the molecule is C=CCOC(=O)Oc1ccc(C[C@@H](N)C(=O)N2CC(C)Cc3ccccc32)c(Cl)c1. The first-order valence-electron chi connectivity index (χ1n) is 9.77. The highest BCUT2D eigenvalue weighted by atomic mass is 35.5. The second-order valence-electron chi connectivity index (χ2n) is 7.40. The number of fused-ring (bicyclic) bond motifs is 1. The Bertz CT molecular complexity index is 947. The summed E-state index contributed by atoms with van der Waals surface area (Å²) in [5, 5.41) is 0.361. The number of amides is 1. The standard InChI is InChI=1S/C23H25ClN2O4/c1-3-10-29-23(28)30-18-9-8-16(19(24)13-18)12-20(25)22(27)26-14-15(2)11-17-6-4-5-7-21(17)26/h3-9,13,15,20H,1,10-12,14,25H2,2H3/t15?,20-/m1/s1. The molecule has 30 heavy (non-hydrogen) atoms. The molecule has 1 unspecified atom stereocenters. The summed E-state index contributed by atoms with van der Waals surface area (Å²) < 4.78 is 9.82. The molecule has 0 fully saturated rings. The fourth-order valence-electron chi connectivity index (χ4n) is 3.54. The number of ether oxygens (including phenoxy) is 2. The lowest BCUT2D eigenvalue weighted by Crippen LogP contribution is -2.48. The Balaban J connectivity index is 1.68. The third kappa shape index (κ3) is 5.20. The van der Waals surface area contributed by atoms with E-state index in [0.717, 1.165) is 17.7 Å². The van der Waals surface area contributed by atoms with Gasteiger partial charge in [0.25, 0.3) is 0 Å². The average molecular weight is 429 g/mol. The van der Waals surface area contributed by atoms with Crippen LogP contribution in [0.2, 0.25) is 5.02 Å². The molecular weight excluding hydrogens is 404 g/mol. The predicted octanol–water partition coefficient (Wildman–Crippen LogP) is 4.14. The van der Waals surface area contributed by atoms with Crippen molar-refractivity contribution >= 4 is 29.4 Å². The molecule has 1 heterocycles. The van der Waals surface area contributed by atoms with Crippen LogP contribution in [0.4, 0.5) is 10.5 Å². The molecule has 0 aliphatic carbocycles. The number of para-hydroxylation sites is 1. The summed E-state index contributed by atoms with van der Waals surface area (Å²) in [7, 11) is 0. The molecular formula is C23H25ClN2O4. The summed E-state index contributed by atoms with van der Waals surface area (Å²) in [5.74, 6) is 0.465. The lowest BCUT2D eigenvalue weighted by atomic mass is 9.93. The van der Waals surface area contributed by atoms with Crippen LogP contribution in [0, 0.1) is 5.92 Å². The van der Waals surface area contributed by atoms with Gasteiger partial charge < -0.3 is 20.1 Å². The van der Waals surface area contributed by atoms with Gasteiger partial charge in [-0.3, -0.25) is 4.79 Å². The minimum Gasteiger partial charge on any atom is -0.430 e. The average Bonchev–Trinajstić information content (AvgIpc) is 2.72. The number of halogens is 1. The van der Waals surface area contributed by atoms with Crippen molar-refractivity contribution in [3.63, 3.8) is 0 Å². The van der Waals surface area contributed by atoms with Crippen LogP contribution in [-0.4, -0.2) is 31.3 Å². The van der Waals surface area contributed by atoms with Crippen LogP contribution < -0.4 is 15.4 Å². The second kappa shape index (κ2) is 9.78. The third-order valence-corrected chi connectivity index (χ3v) is 5.26. The monoisotopic (exact) mass is 428 g/mol. The molecule has 0 bridgehead atoms. The summed E-state index contributed by atoms with van der Waals surface area (Å²) in [6.07, 6.45) is 1.81. The number of anilines is 1. The normalized spacial score (nSPS) is 16.4. The summed E-state index contributed by atoms with van der Waals surface area (Å²) in [5.41, 5.74) is 9.03. The van der Waals surface area contributed by atoms with Crippen LogP contribution in [0.15, 0.2) is 55.1 Å². The van der Waals surface area contributed by atoms with Gasteiger partial charge in [-0.15, -0.1) is 0 Å². The molecule has 1 aliphatic heterocycles. The Kier molecular flexibility index (Phi) is 7.13. The van der Waals surface area contributed by atoms with Crippen LogP contribution in [-0.2, 0) is 22.4 Å². The zero-order valence-corrected chi connectivity index (χ0v) is 17.6. The maximum atomic E-state index is 13.1. The lowest BCUT2D eigenvalue weighted by Gasteiger charge is -2.34. The third-order valence-electron chi connectivity index (χ3n) is 4.91. The van der Waals surface area contributed by atoms with Crippen molar-refractivity contribution in [1.29, 1.82) is 0 Å². The van der Waals surface area contributed by atoms with Crippen molar-refractivity contribution in [2.45, 2.75) is 25.8 Å². The Labute approximate surface area is 181 Å². The molecule has 0 saturated carbocycles. The maximum absolute atomic E-state index is 13.1. The van der Waals surface area contributed by atoms with Gasteiger partial charge >= 0.3 is 6.16 Å². The molecule has 2 atom stereocenters. The highest BCUT2D eigenvalue weighted by Crippen LogP contribution is 2.30. The van der Waals surface area contributed by atoms with Gasteiger partial charge in [-0.25, -0.2) is 4.79 Å². The van der Waals surface area contributed by atoms with E-state index in [2.05, 4.69) is 13.5 Å². The van der Waals surface area contributed by atoms with Crippen LogP contribution >= 0.6 is 11.6 Å². The molecule has 1 aliphatic rings. The van der Waals surface area contributed by atoms with Gasteiger partial charge in [0.2, 0.25) is 5.91 Å². The topological polar surface area (TPSA) is 81.9 Å². The number of nitrogens with zero attached hydrogens (tertiary/aromatic N) is 1. The number of rotatable bonds is 6. The molecule has 7 heteroatoms. The molecule has 3 rings (SSSR count). The number of hydrogen-bond donors (Lipinski definition) is 1. The van der Waals surface area contributed by atoms with Crippen LogP contribution in [0.5, 0.6) is 5.75 Å². The quantitative estimate of drug-likeness (QED) is 0.425. The fraction of sp³-hybridized carbons (Fsp3) is 0.304. The van der Waals surface area contributed by atoms with Crippen molar-refractivity contribution in [3.05, 3.63) is 71.3 Å². The molecule has 2 aromatic rings. The summed E-state index contributed by atoms with van der Waals surface area (Å²) in [4.78, 5) is 26.4. The van der Waals surface area contributed by atoms with Crippen molar-refractivity contribution in [3.8, 4) is 5.75 Å². The Morgan fingerprint density at radius 3 is 2.83 bits per heavy atom. The van der Waals surface area contributed by atoms with Crippen molar-refractivity contribution in [1.82, 2.24) is 0 Å². The van der Waals surface area contributed by atoms with E-state index in [1.54, 1.807) is 17.0 Å². The van der Waals surface area contributed by atoms with E-state index in [1.807, 2.05) is 24.3 Å². The largest absolute Gasteiger partial charge is 0.514 e. The minimum absolute atomic E-state index is 0.0554. The van der Waals surface area contributed by atoms with E-state index in [4.69, 9.17) is 26.8 Å². The Morgan fingerprint density at radius 2 is 2.10 bits per heavy atom. The van der Waals surface area contributed by atoms with E-state index in [9.17, 15) is 9.59 Å². The zero-order chi connectivity index (χ0) is 21.7. The van der Waals surface area contributed by atoms with Gasteiger partial charge in [0.15, 0.2) is 0 Å². The van der Waals surface area contributed by atoms with Gasteiger partial charge in [-0.1, -0.05) is 55.4 Å². The molecule has 2 N–H and O–H groups in total. The number of hydrogen-bond acceptors (Lipinski definition) is 5. The molecule has 0 radical (unpaired) electrons. The van der Waals surface area contributed by atoms with E-state index in [0.29, 0.717) is 23.0 Å². The number of carbonyl (C=O) groups is 2. The molecule has 0 aromatic heterocycles. The zero-order valence-electron chi connectivity index (χ0n) is 16.8. The van der Waals surface area contributed by atoms with Crippen molar-refractivity contribution < 1.29 is 19.1 Å². The summed E-state index contributed by atoms with van der Waals surface area (Å²) >= 11 is 6.33.